The van der Waals surface area contributed by atoms with E-state index in [1.54, 1.807) is 0 Å². The minimum atomic E-state index is 0.123. The second-order valence-electron chi connectivity index (χ2n) is 6.62. The van der Waals surface area contributed by atoms with Crippen LogP contribution in [0.4, 0.5) is 0 Å². The Bertz CT molecular complexity index is 444. The van der Waals surface area contributed by atoms with E-state index >= 15 is 0 Å². The highest BCUT2D eigenvalue weighted by Gasteiger charge is 2.21. The maximum Gasteiger partial charge on any atom is 0.0548 e. The minimum absolute atomic E-state index is 0.123. The largest absolute Gasteiger partial charge is 0.308 e. The van der Waals surface area contributed by atoms with E-state index in [4.69, 9.17) is 4.98 Å². The number of hydrogen-bond donors (Lipinski definition) is 1. The molecule has 0 bridgehead atoms. The van der Waals surface area contributed by atoms with Gasteiger partial charge in [-0.1, -0.05) is 12.1 Å². The van der Waals surface area contributed by atoms with E-state index in [0.29, 0.717) is 0 Å². The highest BCUT2D eigenvalue weighted by Crippen LogP contribution is 2.19. The van der Waals surface area contributed by atoms with Crippen molar-refractivity contribution in [1.29, 1.82) is 0 Å². The van der Waals surface area contributed by atoms with Gasteiger partial charge in [0, 0.05) is 31.2 Å². The zero-order chi connectivity index (χ0) is 14.6. The van der Waals surface area contributed by atoms with Crippen LogP contribution < -0.4 is 5.32 Å². The number of aromatic nitrogens is 1. The van der Waals surface area contributed by atoms with Crippen molar-refractivity contribution in [3.63, 3.8) is 0 Å². The van der Waals surface area contributed by atoms with Gasteiger partial charge in [0.05, 0.1) is 11.4 Å². The Hall–Kier alpha value is -1.19. The number of nitrogens with one attached hydrogen (secondary N) is 1. The lowest BCUT2D eigenvalue weighted by atomic mass is 10.1. The maximum absolute atomic E-state index is 4.77. The third-order valence-electron chi connectivity index (χ3n) is 3.66. The molecule has 1 aliphatic carbocycles. The van der Waals surface area contributed by atoms with E-state index in [1.165, 1.54) is 12.8 Å². The molecule has 0 spiro atoms. The summed E-state index contributed by atoms with van der Waals surface area (Å²) in [5.41, 5.74) is 2.40. The van der Waals surface area contributed by atoms with Crippen LogP contribution in [-0.4, -0.2) is 28.0 Å². The topological polar surface area (TPSA) is 28.2 Å². The molecule has 0 saturated heterocycles. The van der Waals surface area contributed by atoms with Crippen LogP contribution in [0.1, 0.15) is 45.0 Å². The van der Waals surface area contributed by atoms with Crippen molar-refractivity contribution in [2.45, 2.75) is 58.3 Å². The number of pyridine rings is 1. The molecule has 3 heteroatoms. The molecule has 1 saturated carbocycles. The van der Waals surface area contributed by atoms with Crippen LogP contribution in [-0.2, 0) is 13.1 Å². The first-order valence-corrected chi connectivity index (χ1v) is 7.53. The first-order chi connectivity index (χ1) is 9.49. The van der Waals surface area contributed by atoms with E-state index in [-0.39, 0.29) is 5.54 Å². The Morgan fingerprint density at radius 1 is 1.35 bits per heavy atom. The van der Waals surface area contributed by atoms with Crippen molar-refractivity contribution in [3.8, 4) is 0 Å². The maximum atomic E-state index is 4.77. The molecule has 0 aromatic carbocycles. The Balaban J connectivity index is 1.99. The molecule has 0 atom stereocenters. The molecule has 1 aromatic heterocycles. The van der Waals surface area contributed by atoms with E-state index < -0.39 is 0 Å². The lowest BCUT2D eigenvalue weighted by molar-refractivity contribution is 0.143. The van der Waals surface area contributed by atoms with Crippen molar-refractivity contribution in [3.05, 3.63) is 42.2 Å². The first-order valence-electron chi connectivity index (χ1n) is 7.53. The first kappa shape index (κ1) is 15.2. The molecule has 1 aromatic rings. The molecule has 0 radical (unpaired) electrons. The standard InChI is InChI=1S/C17H27N3/c1-5-11-20(17(2,3)4)13-16-8-6-7-15(19-16)12-18-14-9-10-14/h5-8,14,18H,1,9-13H2,2-4H3. The number of hydrogen-bond acceptors (Lipinski definition) is 3. The zero-order valence-corrected chi connectivity index (χ0v) is 13.0. The predicted octanol–water partition coefficient (Wildman–Crippen LogP) is 3.12. The molecule has 0 unspecified atom stereocenters. The summed E-state index contributed by atoms with van der Waals surface area (Å²) in [6.07, 6.45) is 4.59. The average molecular weight is 273 g/mol. The molecule has 20 heavy (non-hydrogen) atoms. The minimum Gasteiger partial charge on any atom is -0.308 e. The van der Waals surface area contributed by atoms with Crippen LogP contribution in [0.25, 0.3) is 0 Å². The molecule has 1 fully saturated rings. The molecule has 0 amide bonds. The third-order valence-corrected chi connectivity index (χ3v) is 3.66. The fourth-order valence-electron chi connectivity index (χ4n) is 2.18. The predicted molar refractivity (Wildman–Crippen MR) is 84.5 cm³/mol. The van der Waals surface area contributed by atoms with Crippen LogP contribution >= 0.6 is 0 Å². The average Bonchev–Trinajstić information content (AvgIpc) is 3.19. The summed E-state index contributed by atoms with van der Waals surface area (Å²) < 4.78 is 0. The lowest BCUT2D eigenvalue weighted by Gasteiger charge is -2.34. The van der Waals surface area contributed by atoms with Crippen molar-refractivity contribution in [2.75, 3.05) is 6.54 Å². The summed E-state index contributed by atoms with van der Waals surface area (Å²) in [5.74, 6) is 0. The fourth-order valence-corrected chi connectivity index (χ4v) is 2.18. The molecule has 110 valence electrons. The highest BCUT2D eigenvalue weighted by atomic mass is 15.2. The lowest BCUT2D eigenvalue weighted by Crippen LogP contribution is -2.41. The molecule has 0 aliphatic heterocycles. The summed E-state index contributed by atoms with van der Waals surface area (Å²) in [7, 11) is 0. The van der Waals surface area contributed by atoms with Gasteiger partial charge in [-0.2, -0.15) is 0 Å². The van der Waals surface area contributed by atoms with E-state index in [2.05, 4.69) is 55.8 Å². The monoisotopic (exact) mass is 273 g/mol. The van der Waals surface area contributed by atoms with Crippen molar-refractivity contribution < 1.29 is 0 Å². The van der Waals surface area contributed by atoms with Crippen LogP contribution in [0, 0.1) is 0 Å². The Labute approximate surface area is 123 Å². The molecular formula is C17H27N3. The van der Waals surface area contributed by atoms with Crippen LogP contribution in [0.2, 0.25) is 0 Å². The van der Waals surface area contributed by atoms with Gasteiger partial charge in [0.2, 0.25) is 0 Å². The Kier molecular flexibility index (Phi) is 4.95. The van der Waals surface area contributed by atoms with E-state index in [9.17, 15) is 0 Å². The van der Waals surface area contributed by atoms with Gasteiger partial charge in [0.15, 0.2) is 0 Å². The molecule has 1 aliphatic rings. The van der Waals surface area contributed by atoms with Gasteiger partial charge in [-0.05, 0) is 45.7 Å². The summed E-state index contributed by atoms with van der Waals surface area (Å²) in [5, 5.41) is 3.52. The van der Waals surface area contributed by atoms with Crippen molar-refractivity contribution >= 4 is 0 Å². The fraction of sp³-hybridized carbons (Fsp3) is 0.588. The van der Waals surface area contributed by atoms with Gasteiger partial charge < -0.3 is 5.32 Å². The summed E-state index contributed by atoms with van der Waals surface area (Å²) in [4.78, 5) is 7.16. The second-order valence-corrected chi connectivity index (χ2v) is 6.62. The zero-order valence-electron chi connectivity index (χ0n) is 13.0. The SMILES string of the molecule is C=CCN(Cc1cccc(CNC2CC2)n1)C(C)(C)C. The van der Waals surface area contributed by atoms with Gasteiger partial charge >= 0.3 is 0 Å². The van der Waals surface area contributed by atoms with Crippen LogP contribution in [0.15, 0.2) is 30.9 Å². The van der Waals surface area contributed by atoms with Crippen LogP contribution in [0.3, 0.4) is 0 Å². The highest BCUT2D eigenvalue weighted by molar-refractivity contribution is 5.12. The molecule has 3 nitrogen and oxygen atoms in total. The molecule has 1 N–H and O–H groups in total. The summed E-state index contributed by atoms with van der Waals surface area (Å²) >= 11 is 0. The Morgan fingerprint density at radius 3 is 2.65 bits per heavy atom. The van der Waals surface area contributed by atoms with Gasteiger partial charge in [-0.25, -0.2) is 0 Å². The quantitative estimate of drug-likeness (QED) is 0.774. The molecular weight excluding hydrogens is 246 g/mol. The van der Waals surface area contributed by atoms with Gasteiger partial charge in [-0.15, -0.1) is 6.58 Å². The second kappa shape index (κ2) is 6.51. The van der Waals surface area contributed by atoms with Crippen LogP contribution in [0.5, 0.6) is 0 Å². The van der Waals surface area contributed by atoms with E-state index in [1.807, 2.05) is 6.08 Å². The van der Waals surface area contributed by atoms with Crippen molar-refractivity contribution in [1.82, 2.24) is 15.2 Å². The number of rotatable bonds is 7. The van der Waals surface area contributed by atoms with Gasteiger partial charge in [0.25, 0.3) is 0 Å². The van der Waals surface area contributed by atoms with Gasteiger partial charge in [0.1, 0.15) is 0 Å². The smallest absolute Gasteiger partial charge is 0.0548 e. The number of nitrogens with zero attached hydrogens (tertiary/aromatic N) is 2. The molecule has 1 heterocycles. The summed E-state index contributed by atoms with van der Waals surface area (Å²) in [6.45, 7) is 13.2. The molecule has 2 rings (SSSR count). The normalized spacial score (nSPS) is 15.6. The van der Waals surface area contributed by atoms with Crippen molar-refractivity contribution in [2.24, 2.45) is 0 Å². The van der Waals surface area contributed by atoms with Gasteiger partial charge in [-0.3, -0.25) is 9.88 Å². The third kappa shape index (κ3) is 4.73. The van der Waals surface area contributed by atoms with E-state index in [0.717, 1.165) is 37.1 Å². The Morgan fingerprint density at radius 2 is 2.05 bits per heavy atom. The summed E-state index contributed by atoms with van der Waals surface area (Å²) in [6, 6.07) is 7.06.